The highest BCUT2D eigenvalue weighted by molar-refractivity contribution is 5.48. The minimum atomic E-state index is -0.549. The summed E-state index contributed by atoms with van der Waals surface area (Å²) in [5, 5.41) is 11.5. The Labute approximate surface area is 82.7 Å². The van der Waals surface area contributed by atoms with Gasteiger partial charge in [0.15, 0.2) is 0 Å². The predicted molar refractivity (Wildman–Crippen MR) is 54.2 cm³/mol. The minimum Gasteiger partial charge on any atom is -0.364 e. The van der Waals surface area contributed by atoms with E-state index in [-0.39, 0.29) is 5.82 Å². The van der Waals surface area contributed by atoms with Crippen molar-refractivity contribution in [2.75, 3.05) is 5.32 Å². The first kappa shape index (κ1) is 10.3. The zero-order valence-corrected chi connectivity index (χ0v) is 7.92. The van der Waals surface area contributed by atoms with E-state index in [4.69, 9.17) is 5.26 Å². The third-order valence-corrected chi connectivity index (χ3v) is 1.80. The van der Waals surface area contributed by atoms with Crippen LogP contribution >= 0.6 is 0 Å². The van der Waals surface area contributed by atoms with Crippen LogP contribution in [-0.2, 0) is 0 Å². The first-order valence-electron chi connectivity index (χ1n) is 4.21. The van der Waals surface area contributed by atoms with Gasteiger partial charge in [0.05, 0.1) is 11.8 Å². The van der Waals surface area contributed by atoms with Crippen molar-refractivity contribution in [1.82, 2.24) is 0 Å². The van der Waals surface area contributed by atoms with Gasteiger partial charge in [0, 0.05) is 0 Å². The summed E-state index contributed by atoms with van der Waals surface area (Å²) in [5.41, 5.74) is 0.984. The standard InChI is InChI=1S/C11H11FN2/c1-8(2)11(7-13)14-10-6-4-3-5-9(10)12/h3-6,11,14H,1H2,2H3. The molecule has 0 aliphatic rings. The maximum atomic E-state index is 13.1. The van der Waals surface area contributed by atoms with E-state index in [0.717, 1.165) is 0 Å². The molecule has 0 aromatic heterocycles. The molecule has 3 heteroatoms. The van der Waals surface area contributed by atoms with Crippen LogP contribution in [0.3, 0.4) is 0 Å². The van der Waals surface area contributed by atoms with Crippen molar-refractivity contribution in [3.8, 4) is 6.07 Å². The minimum absolute atomic E-state index is 0.321. The number of hydrogen-bond acceptors (Lipinski definition) is 2. The molecule has 0 aliphatic carbocycles. The molecule has 0 saturated heterocycles. The van der Waals surface area contributed by atoms with Gasteiger partial charge in [0.25, 0.3) is 0 Å². The number of benzene rings is 1. The third-order valence-electron chi connectivity index (χ3n) is 1.80. The Hall–Kier alpha value is -1.82. The van der Waals surface area contributed by atoms with E-state index in [1.54, 1.807) is 25.1 Å². The Morgan fingerprint density at radius 2 is 2.21 bits per heavy atom. The number of rotatable bonds is 3. The summed E-state index contributed by atoms with van der Waals surface area (Å²) in [5.74, 6) is -0.367. The Morgan fingerprint density at radius 3 is 2.71 bits per heavy atom. The Kier molecular flexibility index (Phi) is 3.24. The molecule has 0 fully saturated rings. The molecule has 0 heterocycles. The highest BCUT2D eigenvalue weighted by Crippen LogP contribution is 2.15. The molecular formula is C11H11FN2. The van der Waals surface area contributed by atoms with Crippen molar-refractivity contribution < 1.29 is 4.39 Å². The van der Waals surface area contributed by atoms with Gasteiger partial charge < -0.3 is 5.32 Å². The molecule has 0 spiro atoms. The van der Waals surface area contributed by atoms with Gasteiger partial charge in [0.2, 0.25) is 0 Å². The molecule has 0 bridgehead atoms. The lowest BCUT2D eigenvalue weighted by Gasteiger charge is -2.12. The molecule has 0 saturated carbocycles. The average molecular weight is 190 g/mol. The van der Waals surface area contributed by atoms with Crippen molar-refractivity contribution >= 4 is 5.69 Å². The van der Waals surface area contributed by atoms with Gasteiger partial charge in [-0.2, -0.15) is 5.26 Å². The number of nitriles is 1. The lowest BCUT2D eigenvalue weighted by molar-refractivity contribution is 0.629. The highest BCUT2D eigenvalue weighted by atomic mass is 19.1. The fraction of sp³-hybridized carbons (Fsp3) is 0.182. The first-order chi connectivity index (χ1) is 6.65. The zero-order chi connectivity index (χ0) is 10.6. The fourth-order valence-electron chi connectivity index (χ4n) is 0.999. The van der Waals surface area contributed by atoms with Crippen LogP contribution in [0.5, 0.6) is 0 Å². The van der Waals surface area contributed by atoms with Crippen LogP contribution in [-0.4, -0.2) is 6.04 Å². The molecule has 1 rings (SSSR count). The largest absolute Gasteiger partial charge is 0.364 e. The Balaban J connectivity index is 2.84. The van der Waals surface area contributed by atoms with Crippen molar-refractivity contribution in [1.29, 1.82) is 5.26 Å². The molecule has 72 valence electrons. The number of anilines is 1. The number of hydrogen-bond donors (Lipinski definition) is 1. The van der Waals surface area contributed by atoms with Crippen LogP contribution in [0.2, 0.25) is 0 Å². The van der Waals surface area contributed by atoms with Gasteiger partial charge in [-0.15, -0.1) is 0 Å². The monoisotopic (exact) mass is 190 g/mol. The summed E-state index contributed by atoms with van der Waals surface area (Å²) in [4.78, 5) is 0. The smallest absolute Gasteiger partial charge is 0.146 e. The van der Waals surface area contributed by atoms with E-state index >= 15 is 0 Å². The van der Waals surface area contributed by atoms with E-state index in [2.05, 4.69) is 11.9 Å². The molecule has 0 amide bonds. The predicted octanol–water partition coefficient (Wildman–Crippen LogP) is 2.71. The summed E-state index contributed by atoms with van der Waals surface area (Å²) in [6, 6.07) is 7.69. The third kappa shape index (κ3) is 2.33. The first-order valence-corrected chi connectivity index (χ1v) is 4.21. The summed E-state index contributed by atoms with van der Waals surface area (Å²) >= 11 is 0. The van der Waals surface area contributed by atoms with Gasteiger partial charge in [-0.05, 0) is 24.6 Å². The van der Waals surface area contributed by atoms with Gasteiger partial charge in [-0.3, -0.25) is 0 Å². The van der Waals surface area contributed by atoms with Crippen LogP contribution < -0.4 is 5.32 Å². The normalized spacial score (nSPS) is 11.5. The molecule has 1 aromatic rings. The van der Waals surface area contributed by atoms with Crippen LogP contribution in [0.1, 0.15) is 6.92 Å². The van der Waals surface area contributed by atoms with E-state index in [9.17, 15) is 4.39 Å². The van der Waals surface area contributed by atoms with E-state index in [0.29, 0.717) is 11.3 Å². The van der Waals surface area contributed by atoms with Crippen LogP contribution in [0, 0.1) is 17.1 Å². The van der Waals surface area contributed by atoms with Crippen molar-refractivity contribution in [2.45, 2.75) is 13.0 Å². The van der Waals surface area contributed by atoms with Gasteiger partial charge in [0.1, 0.15) is 11.9 Å². The van der Waals surface area contributed by atoms with Crippen LogP contribution in [0.4, 0.5) is 10.1 Å². The number of para-hydroxylation sites is 1. The maximum absolute atomic E-state index is 13.1. The highest BCUT2D eigenvalue weighted by Gasteiger charge is 2.09. The average Bonchev–Trinajstić information content (AvgIpc) is 2.16. The molecule has 0 radical (unpaired) electrons. The van der Waals surface area contributed by atoms with E-state index in [1.165, 1.54) is 6.07 Å². The quantitative estimate of drug-likeness (QED) is 0.744. The van der Waals surface area contributed by atoms with E-state index < -0.39 is 6.04 Å². The van der Waals surface area contributed by atoms with Crippen LogP contribution in [0.25, 0.3) is 0 Å². The number of halogens is 1. The van der Waals surface area contributed by atoms with E-state index in [1.807, 2.05) is 6.07 Å². The molecule has 1 atom stereocenters. The molecule has 1 aromatic carbocycles. The Morgan fingerprint density at radius 1 is 1.57 bits per heavy atom. The van der Waals surface area contributed by atoms with Crippen molar-refractivity contribution in [3.63, 3.8) is 0 Å². The second kappa shape index (κ2) is 4.43. The van der Waals surface area contributed by atoms with Crippen molar-refractivity contribution in [2.24, 2.45) is 0 Å². The van der Waals surface area contributed by atoms with Crippen LogP contribution in [0.15, 0.2) is 36.4 Å². The fourth-order valence-corrected chi connectivity index (χ4v) is 0.999. The zero-order valence-electron chi connectivity index (χ0n) is 7.92. The molecule has 1 unspecified atom stereocenters. The van der Waals surface area contributed by atoms with Gasteiger partial charge in [-0.1, -0.05) is 18.7 Å². The topological polar surface area (TPSA) is 35.8 Å². The summed E-state index contributed by atoms with van der Waals surface area (Å²) < 4.78 is 13.1. The van der Waals surface area contributed by atoms with Gasteiger partial charge in [-0.25, -0.2) is 4.39 Å². The number of nitrogens with zero attached hydrogens (tertiary/aromatic N) is 1. The number of nitrogens with one attached hydrogen (secondary N) is 1. The lowest BCUT2D eigenvalue weighted by Crippen LogP contribution is -2.18. The van der Waals surface area contributed by atoms with Gasteiger partial charge >= 0.3 is 0 Å². The summed E-state index contributed by atoms with van der Waals surface area (Å²) in [6.45, 7) is 5.37. The van der Waals surface area contributed by atoms with Crippen molar-refractivity contribution in [3.05, 3.63) is 42.2 Å². The molecule has 0 aliphatic heterocycles. The Bertz CT molecular complexity index is 379. The summed E-state index contributed by atoms with van der Waals surface area (Å²) in [7, 11) is 0. The maximum Gasteiger partial charge on any atom is 0.146 e. The summed E-state index contributed by atoms with van der Waals surface area (Å²) in [6.07, 6.45) is 0. The molecule has 1 N–H and O–H groups in total. The molecular weight excluding hydrogens is 179 g/mol. The SMILES string of the molecule is C=C(C)C(C#N)Nc1ccccc1F. The molecule has 2 nitrogen and oxygen atoms in total. The molecule has 14 heavy (non-hydrogen) atoms. The second-order valence-electron chi connectivity index (χ2n) is 3.03. The second-order valence-corrected chi connectivity index (χ2v) is 3.03. The lowest BCUT2D eigenvalue weighted by atomic mass is 10.1.